The van der Waals surface area contributed by atoms with Gasteiger partial charge in [0.05, 0.1) is 16.8 Å². The van der Waals surface area contributed by atoms with Crippen molar-refractivity contribution in [1.29, 1.82) is 0 Å². The Morgan fingerprint density at radius 2 is 1.68 bits per heavy atom. The predicted octanol–water partition coefficient (Wildman–Crippen LogP) is 4.67. The van der Waals surface area contributed by atoms with E-state index in [4.69, 9.17) is 0 Å². The van der Waals surface area contributed by atoms with Crippen LogP contribution < -0.4 is 0 Å². The summed E-state index contributed by atoms with van der Waals surface area (Å²) >= 11 is 0. The van der Waals surface area contributed by atoms with Crippen LogP contribution in [0.5, 0.6) is 0 Å². The zero-order valence-corrected chi connectivity index (χ0v) is 13.9. The fourth-order valence-electron chi connectivity index (χ4n) is 3.43. The maximum atomic E-state index is 14.2. The van der Waals surface area contributed by atoms with Crippen molar-refractivity contribution in [3.63, 3.8) is 0 Å². The second kappa shape index (κ2) is 6.63. The number of fused-ring (bicyclic) bond motifs is 1. The number of benzene rings is 2. The summed E-state index contributed by atoms with van der Waals surface area (Å²) in [6.07, 6.45) is 3.24. The molecule has 1 saturated heterocycles. The normalized spacial score (nSPS) is 14.7. The summed E-state index contributed by atoms with van der Waals surface area (Å²) in [7, 11) is 0. The Hall–Kier alpha value is -2.75. The molecule has 1 amide bonds. The highest BCUT2D eigenvalue weighted by Gasteiger charge is 2.21. The lowest BCUT2D eigenvalue weighted by molar-refractivity contribution is 0.0726. The predicted molar refractivity (Wildman–Crippen MR) is 96.9 cm³/mol. The van der Waals surface area contributed by atoms with Crippen LogP contribution in [0.3, 0.4) is 0 Å². The SMILES string of the molecule is O=C(c1cc(-c2ccccc2F)nc2ccccc12)N1CCCCC1. The molecule has 25 heavy (non-hydrogen) atoms. The molecule has 0 spiro atoms. The lowest BCUT2D eigenvalue weighted by Gasteiger charge is -2.27. The highest BCUT2D eigenvalue weighted by molar-refractivity contribution is 6.07. The van der Waals surface area contributed by atoms with Gasteiger partial charge in [0.15, 0.2) is 0 Å². The molecule has 2 aromatic carbocycles. The standard InChI is InChI=1S/C21H19FN2O/c22-18-10-4-2-9-16(18)20-14-17(15-8-3-5-11-19(15)23-20)21(25)24-12-6-1-7-13-24/h2-5,8-11,14H,1,6-7,12-13H2. The number of carbonyl (C=O) groups excluding carboxylic acids is 1. The van der Waals surface area contributed by atoms with Crippen LogP contribution in [0.2, 0.25) is 0 Å². The molecule has 0 aliphatic carbocycles. The minimum atomic E-state index is -0.332. The first-order valence-corrected chi connectivity index (χ1v) is 8.68. The van der Waals surface area contributed by atoms with E-state index >= 15 is 0 Å². The van der Waals surface area contributed by atoms with Gasteiger partial charge in [-0.05, 0) is 43.5 Å². The van der Waals surface area contributed by atoms with E-state index in [9.17, 15) is 9.18 Å². The molecule has 3 aromatic rings. The van der Waals surface area contributed by atoms with Crippen LogP contribution in [0, 0.1) is 5.82 Å². The van der Waals surface area contributed by atoms with Gasteiger partial charge in [-0.2, -0.15) is 0 Å². The second-order valence-electron chi connectivity index (χ2n) is 6.40. The van der Waals surface area contributed by atoms with Crippen molar-refractivity contribution in [2.45, 2.75) is 19.3 Å². The van der Waals surface area contributed by atoms with Crippen LogP contribution in [0.25, 0.3) is 22.2 Å². The molecule has 0 saturated carbocycles. The molecule has 0 bridgehead atoms. The Kier molecular flexibility index (Phi) is 4.18. The van der Waals surface area contributed by atoms with E-state index in [0.29, 0.717) is 22.3 Å². The summed E-state index contributed by atoms with van der Waals surface area (Å²) in [5.74, 6) is -0.322. The minimum Gasteiger partial charge on any atom is -0.339 e. The molecule has 1 aliphatic rings. The summed E-state index contributed by atoms with van der Waals surface area (Å²) in [5.41, 5.74) is 2.23. The van der Waals surface area contributed by atoms with Crippen molar-refractivity contribution in [3.05, 3.63) is 66.0 Å². The fourth-order valence-corrected chi connectivity index (χ4v) is 3.43. The van der Waals surface area contributed by atoms with Crippen LogP contribution >= 0.6 is 0 Å². The average molecular weight is 334 g/mol. The Balaban J connectivity index is 1.87. The molecule has 3 nitrogen and oxygen atoms in total. The number of para-hydroxylation sites is 1. The van der Waals surface area contributed by atoms with Gasteiger partial charge in [-0.25, -0.2) is 9.37 Å². The number of rotatable bonds is 2. The highest BCUT2D eigenvalue weighted by Crippen LogP contribution is 2.28. The number of hydrogen-bond donors (Lipinski definition) is 0. The third-order valence-electron chi connectivity index (χ3n) is 4.74. The van der Waals surface area contributed by atoms with Crippen molar-refractivity contribution in [2.75, 3.05) is 13.1 Å². The number of piperidine rings is 1. The van der Waals surface area contributed by atoms with Gasteiger partial charge in [-0.1, -0.05) is 30.3 Å². The first kappa shape index (κ1) is 15.8. The summed E-state index contributed by atoms with van der Waals surface area (Å²) < 4.78 is 14.2. The molecule has 0 unspecified atom stereocenters. The molecule has 4 rings (SSSR count). The largest absolute Gasteiger partial charge is 0.339 e. The zero-order valence-electron chi connectivity index (χ0n) is 13.9. The molecular formula is C21H19FN2O. The van der Waals surface area contributed by atoms with Gasteiger partial charge in [0, 0.05) is 24.0 Å². The first-order chi connectivity index (χ1) is 12.2. The Bertz CT molecular complexity index is 932. The molecule has 1 aromatic heterocycles. The summed E-state index contributed by atoms with van der Waals surface area (Å²) in [6.45, 7) is 1.56. The molecule has 126 valence electrons. The number of halogens is 1. The third-order valence-corrected chi connectivity index (χ3v) is 4.74. The van der Waals surface area contributed by atoms with Gasteiger partial charge in [0.25, 0.3) is 5.91 Å². The van der Waals surface area contributed by atoms with Gasteiger partial charge in [0.1, 0.15) is 5.82 Å². The van der Waals surface area contributed by atoms with E-state index in [-0.39, 0.29) is 11.7 Å². The van der Waals surface area contributed by atoms with Gasteiger partial charge >= 0.3 is 0 Å². The summed E-state index contributed by atoms with van der Waals surface area (Å²) in [4.78, 5) is 19.6. The quantitative estimate of drug-likeness (QED) is 0.682. The molecule has 0 atom stereocenters. The van der Waals surface area contributed by atoms with Crippen molar-refractivity contribution >= 4 is 16.8 Å². The van der Waals surface area contributed by atoms with Crippen LogP contribution in [0.1, 0.15) is 29.6 Å². The molecule has 1 aliphatic heterocycles. The Morgan fingerprint density at radius 3 is 2.48 bits per heavy atom. The topological polar surface area (TPSA) is 33.2 Å². The third kappa shape index (κ3) is 3.00. The Morgan fingerprint density at radius 1 is 0.960 bits per heavy atom. The monoisotopic (exact) mass is 334 g/mol. The number of pyridine rings is 1. The van der Waals surface area contributed by atoms with E-state index < -0.39 is 0 Å². The number of amides is 1. The number of carbonyl (C=O) groups is 1. The van der Waals surface area contributed by atoms with E-state index in [2.05, 4.69) is 4.98 Å². The highest BCUT2D eigenvalue weighted by atomic mass is 19.1. The van der Waals surface area contributed by atoms with Crippen LogP contribution in [-0.4, -0.2) is 28.9 Å². The zero-order chi connectivity index (χ0) is 17.2. The Labute approximate surface area is 146 Å². The summed E-state index contributed by atoms with van der Waals surface area (Å²) in [5, 5.41) is 0.818. The number of likely N-dealkylation sites (tertiary alicyclic amines) is 1. The lowest BCUT2D eigenvalue weighted by atomic mass is 10.0. The lowest BCUT2D eigenvalue weighted by Crippen LogP contribution is -2.35. The van der Waals surface area contributed by atoms with E-state index in [1.54, 1.807) is 24.3 Å². The van der Waals surface area contributed by atoms with Gasteiger partial charge in [0.2, 0.25) is 0 Å². The fraction of sp³-hybridized carbons (Fsp3) is 0.238. The van der Waals surface area contributed by atoms with E-state index in [1.165, 1.54) is 12.5 Å². The number of nitrogens with zero attached hydrogens (tertiary/aromatic N) is 2. The van der Waals surface area contributed by atoms with Crippen LogP contribution in [0.15, 0.2) is 54.6 Å². The van der Waals surface area contributed by atoms with Gasteiger partial charge in [-0.15, -0.1) is 0 Å². The molecule has 0 N–H and O–H groups in total. The van der Waals surface area contributed by atoms with Crippen LogP contribution in [0.4, 0.5) is 4.39 Å². The number of hydrogen-bond acceptors (Lipinski definition) is 2. The summed E-state index contributed by atoms with van der Waals surface area (Å²) in [6, 6.07) is 15.8. The second-order valence-corrected chi connectivity index (χ2v) is 6.40. The smallest absolute Gasteiger partial charge is 0.254 e. The molecule has 4 heteroatoms. The average Bonchev–Trinajstić information content (AvgIpc) is 2.67. The molecule has 0 radical (unpaired) electrons. The first-order valence-electron chi connectivity index (χ1n) is 8.68. The maximum Gasteiger partial charge on any atom is 0.254 e. The van der Waals surface area contributed by atoms with Crippen molar-refractivity contribution in [3.8, 4) is 11.3 Å². The van der Waals surface area contributed by atoms with E-state index in [0.717, 1.165) is 31.3 Å². The van der Waals surface area contributed by atoms with Gasteiger partial charge in [-0.3, -0.25) is 4.79 Å². The minimum absolute atomic E-state index is 0.0101. The van der Waals surface area contributed by atoms with Crippen molar-refractivity contribution < 1.29 is 9.18 Å². The van der Waals surface area contributed by atoms with E-state index in [1.807, 2.05) is 29.2 Å². The van der Waals surface area contributed by atoms with Crippen molar-refractivity contribution in [1.82, 2.24) is 9.88 Å². The van der Waals surface area contributed by atoms with Crippen molar-refractivity contribution in [2.24, 2.45) is 0 Å². The van der Waals surface area contributed by atoms with Crippen LogP contribution in [-0.2, 0) is 0 Å². The molecule has 1 fully saturated rings. The molecular weight excluding hydrogens is 315 g/mol. The number of aromatic nitrogens is 1. The maximum absolute atomic E-state index is 14.2. The van der Waals surface area contributed by atoms with Gasteiger partial charge < -0.3 is 4.90 Å². The molecule has 2 heterocycles.